The highest BCUT2D eigenvalue weighted by molar-refractivity contribution is 7.92. The van der Waals surface area contributed by atoms with E-state index >= 15 is 0 Å². The van der Waals surface area contributed by atoms with Crippen molar-refractivity contribution >= 4 is 38.1 Å². The Morgan fingerprint density at radius 1 is 1.03 bits per heavy atom. The Bertz CT molecular complexity index is 1280. The summed E-state index contributed by atoms with van der Waals surface area (Å²) in [5.41, 5.74) is 1.49. The van der Waals surface area contributed by atoms with E-state index in [-0.39, 0.29) is 10.5 Å². The molecule has 0 aromatic heterocycles. The van der Waals surface area contributed by atoms with Crippen LogP contribution in [0.15, 0.2) is 82.6 Å². The molecule has 0 fully saturated rings. The van der Waals surface area contributed by atoms with Crippen LogP contribution in [0.1, 0.15) is 15.9 Å². The summed E-state index contributed by atoms with van der Waals surface area (Å²) in [6.45, 7) is 0. The van der Waals surface area contributed by atoms with Gasteiger partial charge < -0.3 is 5.32 Å². The van der Waals surface area contributed by atoms with E-state index in [0.717, 1.165) is 4.31 Å². The number of benzene rings is 3. The molecular weight excluding hydrogens is 434 g/mol. The van der Waals surface area contributed by atoms with Crippen LogP contribution in [0.4, 0.5) is 11.4 Å². The third-order valence-electron chi connectivity index (χ3n) is 4.56. The van der Waals surface area contributed by atoms with Gasteiger partial charge in [0.25, 0.3) is 15.9 Å². The summed E-state index contributed by atoms with van der Waals surface area (Å²) >= 11 is 0. The van der Waals surface area contributed by atoms with Gasteiger partial charge in [-0.3, -0.25) is 13.3 Å². The highest BCUT2D eigenvalue weighted by Gasteiger charge is 2.22. The van der Waals surface area contributed by atoms with E-state index < -0.39 is 26.7 Å². The fraction of sp³-hybridized carbons (Fsp3) is 0.0909. The first-order valence-corrected chi connectivity index (χ1v) is 12.1. The van der Waals surface area contributed by atoms with Crippen LogP contribution in [0.2, 0.25) is 0 Å². The number of nitrogens with one attached hydrogen (secondary N) is 1. The van der Waals surface area contributed by atoms with Crippen LogP contribution >= 0.6 is 0 Å². The molecule has 0 saturated carbocycles. The van der Waals surface area contributed by atoms with Gasteiger partial charge in [-0.25, -0.2) is 8.42 Å². The molecule has 0 aliphatic carbocycles. The molecule has 3 aromatic carbocycles. The highest BCUT2D eigenvalue weighted by atomic mass is 32.2. The smallest absolute Gasteiger partial charge is 0.264 e. The van der Waals surface area contributed by atoms with Gasteiger partial charge in [0.05, 0.1) is 22.2 Å². The van der Waals surface area contributed by atoms with Crippen molar-refractivity contribution in [2.45, 2.75) is 9.79 Å². The van der Waals surface area contributed by atoms with E-state index in [1.165, 1.54) is 43.4 Å². The lowest BCUT2D eigenvalue weighted by molar-refractivity contribution is 0.102. The number of carbonyl (C=O) groups excluding carboxylic acids is 1. The van der Waals surface area contributed by atoms with Crippen molar-refractivity contribution in [2.75, 3.05) is 22.9 Å². The quantitative estimate of drug-likeness (QED) is 0.616. The van der Waals surface area contributed by atoms with Gasteiger partial charge in [0.15, 0.2) is 0 Å². The molecule has 1 N–H and O–H groups in total. The largest absolute Gasteiger partial charge is 0.322 e. The van der Waals surface area contributed by atoms with Crippen molar-refractivity contribution in [3.05, 3.63) is 83.9 Å². The Hall–Kier alpha value is -3.48. The third-order valence-corrected chi connectivity index (χ3v) is 7.28. The summed E-state index contributed by atoms with van der Waals surface area (Å²) in [5.74, 6) is -0.469. The minimum atomic E-state index is -3.92. The minimum Gasteiger partial charge on any atom is -0.322 e. The van der Waals surface area contributed by atoms with Gasteiger partial charge in [-0.15, -0.1) is 0 Å². The molecule has 7 nitrogen and oxygen atoms in total. The maximum Gasteiger partial charge on any atom is 0.264 e. The summed E-state index contributed by atoms with van der Waals surface area (Å²) in [6.07, 6.45) is 1.56. The molecule has 1 unspecified atom stereocenters. The second kappa shape index (κ2) is 9.12. The second-order valence-electron chi connectivity index (χ2n) is 6.59. The van der Waals surface area contributed by atoms with Crippen molar-refractivity contribution in [1.82, 2.24) is 0 Å². The predicted molar refractivity (Wildman–Crippen MR) is 120 cm³/mol. The highest BCUT2D eigenvalue weighted by Crippen LogP contribution is 2.23. The molecule has 0 radical (unpaired) electrons. The molecule has 1 amide bonds. The van der Waals surface area contributed by atoms with Gasteiger partial charge >= 0.3 is 0 Å². The molecule has 1 atom stereocenters. The standard InChI is InChI=1S/C22H19N3O4S2/c1-25(19-10-6-16(15-23)7-11-19)31(28,29)21-5-3-4-17(14-21)22(26)24-18-8-12-20(13-9-18)30(2)27/h3-14H,1-2H3,(H,24,26). The van der Waals surface area contributed by atoms with E-state index in [1.807, 2.05) is 6.07 Å². The van der Waals surface area contributed by atoms with Crippen LogP contribution in [0, 0.1) is 11.3 Å². The number of rotatable bonds is 6. The molecule has 0 spiro atoms. The van der Waals surface area contributed by atoms with Crippen molar-refractivity contribution < 1.29 is 17.4 Å². The van der Waals surface area contributed by atoms with Gasteiger partial charge in [-0.2, -0.15) is 5.26 Å². The lowest BCUT2D eigenvalue weighted by Gasteiger charge is -2.20. The number of hydrogen-bond acceptors (Lipinski definition) is 5. The molecule has 3 aromatic rings. The first kappa shape index (κ1) is 22.2. The SMILES string of the molecule is CN(c1ccc(C#N)cc1)S(=O)(=O)c1cccc(C(=O)Nc2ccc(S(C)=O)cc2)c1. The summed E-state index contributed by atoms with van der Waals surface area (Å²) < 4.78 is 38.6. The average molecular weight is 454 g/mol. The summed E-state index contributed by atoms with van der Waals surface area (Å²) in [5, 5.41) is 11.6. The number of nitrogens with zero attached hydrogens (tertiary/aromatic N) is 2. The molecule has 3 rings (SSSR count). The molecule has 0 aliphatic heterocycles. The zero-order valence-electron chi connectivity index (χ0n) is 16.8. The number of nitriles is 1. The Kier molecular flexibility index (Phi) is 6.53. The molecule has 31 heavy (non-hydrogen) atoms. The summed E-state index contributed by atoms with van der Waals surface area (Å²) in [7, 11) is -3.63. The van der Waals surface area contributed by atoms with E-state index in [1.54, 1.807) is 42.7 Å². The average Bonchev–Trinajstić information content (AvgIpc) is 2.79. The van der Waals surface area contributed by atoms with E-state index in [2.05, 4.69) is 5.32 Å². The van der Waals surface area contributed by atoms with Crippen LogP contribution in [0.25, 0.3) is 0 Å². The van der Waals surface area contributed by atoms with Crippen molar-refractivity contribution in [3.63, 3.8) is 0 Å². The first-order chi connectivity index (χ1) is 14.7. The number of carbonyl (C=O) groups is 1. The van der Waals surface area contributed by atoms with Gasteiger partial charge in [0.2, 0.25) is 0 Å². The Balaban J connectivity index is 1.83. The van der Waals surface area contributed by atoms with Crippen molar-refractivity contribution in [3.8, 4) is 6.07 Å². The molecule has 9 heteroatoms. The van der Waals surface area contributed by atoms with E-state index in [9.17, 15) is 17.4 Å². The summed E-state index contributed by atoms with van der Waals surface area (Å²) in [6, 6.07) is 20.4. The monoisotopic (exact) mass is 453 g/mol. The number of hydrogen-bond donors (Lipinski definition) is 1. The maximum atomic E-state index is 13.0. The van der Waals surface area contributed by atoms with Crippen molar-refractivity contribution in [2.24, 2.45) is 0 Å². The summed E-state index contributed by atoms with van der Waals surface area (Å²) in [4.78, 5) is 13.2. The van der Waals surface area contributed by atoms with Gasteiger partial charge in [0, 0.05) is 40.2 Å². The minimum absolute atomic E-state index is 0.0382. The maximum absolute atomic E-state index is 13.0. The third kappa shape index (κ3) is 4.99. The van der Waals surface area contributed by atoms with Crippen molar-refractivity contribution in [1.29, 1.82) is 5.26 Å². The zero-order chi connectivity index (χ0) is 22.6. The normalized spacial score (nSPS) is 11.9. The molecule has 0 bridgehead atoms. The Morgan fingerprint density at radius 3 is 2.26 bits per heavy atom. The Labute approximate surface area is 183 Å². The lowest BCUT2D eigenvalue weighted by Crippen LogP contribution is -2.26. The number of sulfonamides is 1. The Morgan fingerprint density at radius 2 is 1.68 bits per heavy atom. The fourth-order valence-electron chi connectivity index (χ4n) is 2.77. The zero-order valence-corrected chi connectivity index (χ0v) is 18.4. The molecule has 158 valence electrons. The van der Waals surface area contributed by atoms with Crippen LogP contribution in [0.3, 0.4) is 0 Å². The first-order valence-electron chi connectivity index (χ1n) is 9.06. The molecule has 0 saturated heterocycles. The topological polar surface area (TPSA) is 107 Å². The number of anilines is 2. The molecule has 0 aliphatic rings. The number of amides is 1. The van der Waals surface area contributed by atoms with Crippen LogP contribution in [0.5, 0.6) is 0 Å². The van der Waals surface area contributed by atoms with E-state index in [0.29, 0.717) is 21.8 Å². The molecular formula is C22H19N3O4S2. The van der Waals surface area contributed by atoms with Crippen LogP contribution in [-0.2, 0) is 20.8 Å². The van der Waals surface area contributed by atoms with E-state index in [4.69, 9.17) is 5.26 Å². The predicted octanol–water partition coefficient (Wildman–Crippen LogP) is 3.37. The fourth-order valence-corrected chi connectivity index (χ4v) is 4.54. The van der Waals surface area contributed by atoms with Crippen LogP contribution < -0.4 is 9.62 Å². The van der Waals surface area contributed by atoms with Gasteiger partial charge in [0.1, 0.15) is 0 Å². The van der Waals surface area contributed by atoms with Crippen LogP contribution in [-0.4, -0.2) is 31.8 Å². The molecule has 0 heterocycles. The second-order valence-corrected chi connectivity index (χ2v) is 9.94. The van der Waals surface area contributed by atoms with Gasteiger partial charge in [-0.05, 0) is 66.7 Å². The lowest BCUT2D eigenvalue weighted by atomic mass is 10.2. The van der Waals surface area contributed by atoms with Gasteiger partial charge in [-0.1, -0.05) is 6.07 Å².